The van der Waals surface area contributed by atoms with E-state index in [0.29, 0.717) is 12.5 Å². The van der Waals surface area contributed by atoms with Crippen molar-refractivity contribution in [1.82, 2.24) is 5.32 Å². The number of rotatable bonds is 8. The molecule has 3 heteroatoms. The van der Waals surface area contributed by atoms with Crippen LogP contribution in [0.3, 0.4) is 0 Å². The summed E-state index contributed by atoms with van der Waals surface area (Å²) in [5.74, 6) is 1.54. The maximum absolute atomic E-state index is 12.1. The van der Waals surface area contributed by atoms with Gasteiger partial charge in [0.15, 0.2) is 0 Å². The van der Waals surface area contributed by atoms with Crippen molar-refractivity contribution in [3.63, 3.8) is 0 Å². The average molecular weight is 315 g/mol. The summed E-state index contributed by atoms with van der Waals surface area (Å²) in [6, 6.07) is 8.24. The molecule has 2 saturated carbocycles. The minimum Gasteiger partial charge on any atom is -0.381 e. The van der Waals surface area contributed by atoms with Gasteiger partial charge >= 0.3 is 0 Å². The van der Waals surface area contributed by atoms with Gasteiger partial charge in [-0.1, -0.05) is 31.4 Å². The molecule has 0 bridgehead atoms. The summed E-state index contributed by atoms with van der Waals surface area (Å²) in [5.41, 5.74) is 2.16. The standard InChI is InChI=1S/C20H29NO2/c22-20(21-13-4-14-23-15-16-7-8-16)19-11-9-18(10-12-19)17-5-2-1-3-6-17/h9-12,16-17H,1-8,13-15H2,(H,21,22). The monoisotopic (exact) mass is 315 g/mol. The first-order valence-electron chi connectivity index (χ1n) is 9.29. The smallest absolute Gasteiger partial charge is 0.251 e. The van der Waals surface area contributed by atoms with Gasteiger partial charge in [0.05, 0.1) is 0 Å². The van der Waals surface area contributed by atoms with Crippen LogP contribution < -0.4 is 5.32 Å². The third kappa shape index (κ3) is 5.35. The molecule has 1 aromatic rings. The maximum atomic E-state index is 12.1. The van der Waals surface area contributed by atoms with Gasteiger partial charge in [-0.05, 0) is 61.6 Å². The second-order valence-electron chi connectivity index (χ2n) is 7.08. The van der Waals surface area contributed by atoms with Gasteiger partial charge in [-0.3, -0.25) is 4.79 Å². The van der Waals surface area contributed by atoms with Gasteiger partial charge in [0.2, 0.25) is 0 Å². The van der Waals surface area contributed by atoms with E-state index in [9.17, 15) is 4.79 Å². The number of hydrogen-bond acceptors (Lipinski definition) is 2. The third-order valence-corrected chi connectivity index (χ3v) is 5.05. The van der Waals surface area contributed by atoms with Crippen molar-refractivity contribution < 1.29 is 9.53 Å². The van der Waals surface area contributed by atoms with Crippen LogP contribution in [0.1, 0.15) is 73.2 Å². The van der Waals surface area contributed by atoms with E-state index in [0.717, 1.165) is 31.1 Å². The molecule has 0 saturated heterocycles. The molecule has 0 aliphatic heterocycles. The lowest BCUT2D eigenvalue weighted by Gasteiger charge is -2.22. The van der Waals surface area contributed by atoms with Crippen molar-refractivity contribution in [3.05, 3.63) is 35.4 Å². The number of ether oxygens (including phenoxy) is 1. The molecule has 0 spiro atoms. The van der Waals surface area contributed by atoms with Gasteiger partial charge in [-0.2, -0.15) is 0 Å². The number of benzene rings is 1. The lowest BCUT2D eigenvalue weighted by atomic mass is 9.84. The average Bonchev–Trinajstić information content (AvgIpc) is 3.43. The summed E-state index contributed by atoms with van der Waals surface area (Å²) in [6.07, 6.45) is 10.2. The molecule has 2 fully saturated rings. The minimum atomic E-state index is 0.0300. The van der Waals surface area contributed by atoms with Crippen LogP contribution in [0.25, 0.3) is 0 Å². The molecule has 1 N–H and O–H groups in total. The molecule has 3 nitrogen and oxygen atoms in total. The topological polar surface area (TPSA) is 38.3 Å². The summed E-state index contributed by atoms with van der Waals surface area (Å²) in [6.45, 7) is 2.34. The van der Waals surface area contributed by atoms with Crippen LogP contribution in [0.5, 0.6) is 0 Å². The predicted molar refractivity (Wildman–Crippen MR) is 92.8 cm³/mol. The lowest BCUT2D eigenvalue weighted by molar-refractivity contribution is 0.0937. The second-order valence-corrected chi connectivity index (χ2v) is 7.08. The summed E-state index contributed by atoms with van der Waals surface area (Å²) in [4.78, 5) is 12.1. The van der Waals surface area contributed by atoms with Gasteiger partial charge < -0.3 is 10.1 Å². The zero-order valence-electron chi connectivity index (χ0n) is 14.1. The van der Waals surface area contributed by atoms with E-state index in [2.05, 4.69) is 17.4 Å². The second kappa shape index (κ2) is 8.49. The third-order valence-electron chi connectivity index (χ3n) is 5.05. The van der Waals surface area contributed by atoms with Gasteiger partial charge in [-0.15, -0.1) is 0 Å². The summed E-state index contributed by atoms with van der Waals surface area (Å²) in [5, 5.41) is 2.98. The Morgan fingerprint density at radius 1 is 1.04 bits per heavy atom. The number of hydrogen-bond donors (Lipinski definition) is 1. The lowest BCUT2D eigenvalue weighted by Crippen LogP contribution is -2.25. The van der Waals surface area contributed by atoms with E-state index in [-0.39, 0.29) is 5.91 Å². The van der Waals surface area contributed by atoms with Crippen molar-refractivity contribution in [2.75, 3.05) is 19.8 Å². The fourth-order valence-corrected chi connectivity index (χ4v) is 3.36. The van der Waals surface area contributed by atoms with E-state index < -0.39 is 0 Å². The van der Waals surface area contributed by atoms with E-state index in [4.69, 9.17) is 4.74 Å². The highest BCUT2D eigenvalue weighted by atomic mass is 16.5. The first-order valence-corrected chi connectivity index (χ1v) is 9.29. The Morgan fingerprint density at radius 3 is 2.48 bits per heavy atom. The zero-order chi connectivity index (χ0) is 15.9. The Morgan fingerprint density at radius 2 is 1.78 bits per heavy atom. The molecule has 0 radical (unpaired) electrons. The molecule has 2 aliphatic carbocycles. The summed E-state index contributed by atoms with van der Waals surface area (Å²) < 4.78 is 5.58. The van der Waals surface area contributed by atoms with Crippen LogP contribution in [0.4, 0.5) is 0 Å². The molecule has 0 aromatic heterocycles. The number of carbonyl (C=O) groups excluding carboxylic acids is 1. The van der Waals surface area contributed by atoms with Crippen LogP contribution in [0, 0.1) is 5.92 Å². The first kappa shape index (κ1) is 16.5. The summed E-state index contributed by atoms with van der Waals surface area (Å²) >= 11 is 0. The van der Waals surface area contributed by atoms with Gasteiger partial charge in [0.25, 0.3) is 5.91 Å². The Bertz CT molecular complexity index is 487. The van der Waals surface area contributed by atoms with Crippen molar-refractivity contribution in [2.24, 2.45) is 5.92 Å². The zero-order valence-corrected chi connectivity index (χ0v) is 14.1. The van der Waals surface area contributed by atoms with Crippen LogP contribution in [-0.2, 0) is 4.74 Å². The molecular weight excluding hydrogens is 286 g/mol. The molecule has 2 aliphatic rings. The molecule has 1 amide bonds. The molecule has 1 aromatic carbocycles. The Labute approximate surface area is 139 Å². The Balaban J connectivity index is 1.36. The van der Waals surface area contributed by atoms with Crippen LogP contribution in [-0.4, -0.2) is 25.7 Å². The van der Waals surface area contributed by atoms with Crippen LogP contribution >= 0.6 is 0 Å². The quantitative estimate of drug-likeness (QED) is 0.727. The molecule has 3 rings (SSSR count). The highest BCUT2D eigenvalue weighted by molar-refractivity contribution is 5.94. The molecule has 23 heavy (non-hydrogen) atoms. The van der Waals surface area contributed by atoms with Crippen molar-refractivity contribution in [2.45, 2.75) is 57.3 Å². The highest BCUT2D eigenvalue weighted by Crippen LogP contribution is 2.32. The predicted octanol–water partition coefficient (Wildman–Crippen LogP) is 4.28. The summed E-state index contributed by atoms with van der Waals surface area (Å²) in [7, 11) is 0. The van der Waals surface area contributed by atoms with Crippen molar-refractivity contribution in [3.8, 4) is 0 Å². The van der Waals surface area contributed by atoms with Crippen molar-refractivity contribution in [1.29, 1.82) is 0 Å². The number of nitrogens with one attached hydrogen (secondary N) is 1. The van der Waals surface area contributed by atoms with E-state index in [1.165, 1.54) is 50.5 Å². The maximum Gasteiger partial charge on any atom is 0.251 e. The molecular formula is C20H29NO2. The normalized spacial score (nSPS) is 18.8. The largest absolute Gasteiger partial charge is 0.381 e. The molecule has 126 valence electrons. The molecule has 0 unspecified atom stereocenters. The molecule has 0 heterocycles. The van der Waals surface area contributed by atoms with Crippen LogP contribution in [0.15, 0.2) is 24.3 Å². The van der Waals surface area contributed by atoms with Gasteiger partial charge in [-0.25, -0.2) is 0 Å². The van der Waals surface area contributed by atoms with Gasteiger partial charge in [0, 0.05) is 25.3 Å². The van der Waals surface area contributed by atoms with E-state index in [1.54, 1.807) is 0 Å². The van der Waals surface area contributed by atoms with E-state index in [1.807, 2.05) is 12.1 Å². The SMILES string of the molecule is O=C(NCCCOCC1CC1)c1ccc(C2CCCCC2)cc1. The van der Waals surface area contributed by atoms with Crippen LogP contribution in [0.2, 0.25) is 0 Å². The van der Waals surface area contributed by atoms with E-state index >= 15 is 0 Å². The fourth-order valence-electron chi connectivity index (χ4n) is 3.36. The first-order chi connectivity index (χ1) is 11.3. The van der Waals surface area contributed by atoms with Crippen molar-refractivity contribution >= 4 is 5.91 Å². The molecule has 0 atom stereocenters. The Kier molecular flexibility index (Phi) is 6.09. The number of amides is 1. The fraction of sp³-hybridized carbons (Fsp3) is 0.650. The minimum absolute atomic E-state index is 0.0300. The number of carbonyl (C=O) groups is 1. The highest BCUT2D eigenvalue weighted by Gasteiger charge is 2.20. The Hall–Kier alpha value is -1.35. The van der Waals surface area contributed by atoms with Gasteiger partial charge in [0.1, 0.15) is 0 Å².